The number of amides is 1. The van der Waals surface area contributed by atoms with E-state index in [9.17, 15) is 4.79 Å². The van der Waals surface area contributed by atoms with E-state index in [0.29, 0.717) is 12.5 Å². The van der Waals surface area contributed by atoms with Crippen LogP contribution in [0.3, 0.4) is 0 Å². The molecule has 122 valence electrons. The molecule has 2 fully saturated rings. The molecule has 4 heteroatoms. The van der Waals surface area contributed by atoms with Crippen molar-refractivity contribution in [3.63, 3.8) is 0 Å². The molecule has 0 aliphatic carbocycles. The van der Waals surface area contributed by atoms with E-state index in [2.05, 4.69) is 26.9 Å². The Labute approximate surface area is 137 Å². The number of carbonyl (C=O) groups is 1. The standard InChI is InChI=1S/C19H25N3O/c23-19(12-15-13-20-18-8-2-1-7-17(15)18)22-11-5-6-16(14-22)21-9-3-4-10-21/h1-2,7-8,13,16,20H,3-6,9-12,14H2/t16-/m0/s1. The van der Waals surface area contributed by atoms with E-state index in [1.807, 2.05) is 18.3 Å². The van der Waals surface area contributed by atoms with E-state index in [0.717, 1.165) is 30.6 Å². The molecular formula is C19H25N3O. The van der Waals surface area contributed by atoms with Crippen LogP contribution in [0.4, 0.5) is 0 Å². The van der Waals surface area contributed by atoms with Crippen LogP contribution in [0.25, 0.3) is 10.9 Å². The van der Waals surface area contributed by atoms with Crippen LogP contribution in [0.2, 0.25) is 0 Å². The van der Waals surface area contributed by atoms with Gasteiger partial charge in [-0.1, -0.05) is 18.2 Å². The van der Waals surface area contributed by atoms with Gasteiger partial charge in [-0.2, -0.15) is 0 Å². The van der Waals surface area contributed by atoms with Crippen LogP contribution in [0.5, 0.6) is 0 Å². The molecule has 4 rings (SSSR count). The van der Waals surface area contributed by atoms with Gasteiger partial charge in [-0.3, -0.25) is 9.69 Å². The average molecular weight is 311 g/mol. The van der Waals surface area contributed by atoms with Crippen molar-refractivity contribution in [2.45, 2.75) is 38.1 Å². The number of carbonyl (C=O) groups excluding carboxylic acids is 1. The van der Waals surface area contributed by atoms with Gasteiger partial charge < -0.3 is 9.88 Å². The molecule has 0 unspecified atom stereocenters. The quantitative estimate of drug-likeness (QED) is 0.947. The van der Waals surface area contributed by atoms with Gasteiger partial charge in [0.05, 0.1) is 6.42 Å². The van der Waals surface area contributed by atoms with Crippen molar-refractivity contribution in [1.29, 1.82) is 0 Å². The number of H-pyrrole nitrogens is 1. The second kappa shape index (κ2) is 6.36. The molecule has 23 heavy (non-hydrogen) atoms. The van der Waals surface area contributed by atoms with Gasteiger partial charge in [-0.15, -0.1) is 0 Å². The molecule has 1 N–H and O–H groups in total. The molecule has 2 aliphatic rings. The van der Waals surface area contributed by atoms with Gasteiger partial charge in [-0.25, -0.2) is 0 Å². The maximum absolute atomic E-state index is 12.8. The van der Waals surface area contributed by atoms with Crippen LogP contribution < -0.4 is 0 Å². The molecule has 2 aromatic rings. The lowest BCUT2D eigenvalue weighted by atomic mass is 10.0. The second-order valence-electron chi connectivity index (χ2n) is 6.92. The van der Waals surface area contributed by atoms with E-state index in [1.54, 1.807) is 0 Å². The summed E-state index contributed by atoms with van der Waals surface area (Å²) in [4.78, 5) is 20.7. The summed E-state index contributed by atoms with van der Waals surface area (Å²) in [6.07, 6.45) is 7.53. The number of rotatable bonds is 3. The fourth-order valence-electron chi connectivity index (χ4n) is 4.14. The Hall–Kier alpha value is -1.81. The Morgan fingerprint density at radius 2 is 1.96 bits per heavy atom. The number of fused-ring (bicyclic) bond motifs is 1. The Kier molecular flexibility index (Phi) is 4.08. The van der Waals surface area contributed by atoms with E-state index >= 15 is 0 Å². The zero-order valence-corrected chi connectivity index (χ0v) is 13.6. The molecule has 3 heterocycles. The first-order valence-electron chi connectivity index (χ1n) is 8.88. The number of piperidine rings is 1. The molecule has 0 radical (unpaired) electrons. The number of likely N-dealkylation sites (tertiary alicyclic amines) is 2. The number of para-hydroxylation sites is 1. The molecule has 2 aliphatic heterocycles. The topological polar surface area (TPSA) is 39.3 Å². The van der Waals surface area contributed by atoms with E-state index in [1.165, 1.54) is 37.7 Å². The van der Waals surface area contributed by atoms with Gasteiger partial charge in [0.1, 0.15) is 0 Å². The Bertz CT molecular complexity index is 687. The minimum atomic E-state index is 0.277. The average Bonchev–Trinajstić information content (AvgIpc) is 3.25. The number of aromatic nitrogens is 1. The van der Waals surface area contributed by atoms with Gasteiger partial charge in [0.2, 0.25) is 5.91 Å². The Balaban J connectivity index is 1.44. The lowest BCUT2D eigenvalue weighted by Gasteiger charge is -2.37. The fraction of sp³-hybridized carbons (Fsp3) is 0.526. The van der Waals surface area contributed by atoms with Crippen molar-refractivity contribution in [2.75, 3.05) is 26.2 Å². The summed E-state index contributed by atoms with van der Waals surface area (Å²) < 4.78 is 0. The maximum Gasteiger partial charge on any atom is 0.227 e. The minimum absolute atomic E-state index is 0.277. The number of hydrogen-bond acceptors (Lipinski definition) is 2. The minimum Gasteiger partial charge on any atom is -0.361 e. The van der Waals surface area contributed by atoms with Crippen molar-refractivity contribution in [2.24, 2.45) is 0 Å². The maximum atomic E-state index is 12.8. The first-order valence-corrected chi connectivity index (χ1v) is 8.88. The third kappa shape index (κ3) is 3.00. The smallest absolute Gasteiger partial charge is 0.227 e. The molecule has 0 saturated carbocycles. The summed E-state index contributed by atoms with van der Waals surface area (Å²) in [5.41, 5.74) is 2.23. The van der Waals surface area contributed by atoms with Crippen LogP contribution >= 0.6 is 0 Å². The largest absolute Gasteiger partial charge is 0.361 e. The first-order chi connectivity index (χ1) is 11.3. The zero-order valence-electron chi connectivity index (χ0n) is 13.6. The van der Waals surface area contributed by atoms with Gasteiger partial charge in [-0.05, 0) is 50.4 Å². The van der Waals surface area contributed by atoms with Crippen molar-refractivity contribution < 1.29 is 4.79 Å². The summed E-state index contributed by atoms with van der Waals surface area (Å²) in [6, 6.07) is 8.80. The highest BCUT2D eigenvalue weighted by Gasteiger charge is 2.29. The third-order valence-electron chi connectivity index (χ3n) is 5.42. The van der Waals surface area contributed by atoms with Gasteiger partial charge in [0.15, 0.2) is 0 Å². The summed E-state index contributed by atoms with van der Waals surface area (Å²) in [6.45, 7) is 4.27. The van der Waals surface area contributed by atoms with E-state index in [4.69, 9.17) is 0 Å². The molecule has 1 amide bonds. The highest BCUT2D eigenvalue weighted by Crippen LogP contribution is 2.23. The zero-order chi connectivity index (χ0) is 15.6. The van der Waals surface area contributed by atoms with Crippen molar-refractivity contribution in [1.82, 2.24) is 14.8 Å². The lowest BCUT2D eigenvalue weighted by Crippen LogP contribution is -2.49. The van der Waals surface area contributed by atoms with Crippen LogP contribution in [-0.2, 0) is 11.2 Å². The number of nitrogens with zero attached hydrogens (tertiary/aromatic N) is 2. The summed E-state index contributed by atoms with van der Waals surface area (Å²) in [5.74, 6) is 0.277. The summed E-state index contributed by atoms with van der Waals surface area (Å²) in [5, 5.41) is 1.17. The van der Waals surface area contributed by atoms with Gasteiger partial charge in [0, 0.05) is 36.2 Å². The first kappa shape index (κ1) is 14.8. The SMILES string of the molecule is O=C(Cc1c[nH]c2ccccc12)N1CCC[C@H](N2CCCC2)C1. The molecular weight excluding hydrogens is 286 g/mol. The van der Waals surface area contributed by atoms with E-state index in [-0.39, 0.29) is 5.91 Å². The number of benzene rings is 1. The third-order valence-corrected chi connectivity index (χ3v) is 5.42. The fourth-order valence-corrected chi connectivity index (χ4v) is 4.14. The monoisotopic (exact) mass is 311 g/mol. The summed E-state index contributed by atoms with van der Waals surface area (Å²) in [7, 11) is 0. The number of aromatic amines is 1. The molecule has 2 saturated heterocycles. The van der Waals surface area contributed by atoms with Crippen molar-refractivity contribution in [3.8, 4) is 0 Å². The predicted molar refractivity (Wildman–Crippen MR) is 92.4 cm³/mol. The van der Waals surface area contributed by atoms with Crippen molar-refractivity contribution >= 4 is 16.8 Å². The van der Waals surface area contributed by atoms with Gasteiger partial charge in [0.25, 0.3) is 0 Å². The number of nitrogens with one attached hydrogen (secondary N) is 1. The van der Waals surface area contributed by atoms with Crippen LogP contribution in [0.1, 0.15) is 31.2 Å². The van der Waals surface area contributed by atoms with Crippen LogP contribution in [0.15, 0.2) is 30.5 Å². The molecule has 0 bridgehead atoms. The normalized spacial score (nSPS) is 22.8. The highest BCUT2D eigenvalue weighted by atomic mass is 16.2. The predicted octanol–water partition coefficient (Wildman–Crippen LogP) is 2.80. The van der Waals surface area contributed by atoms with Crippen LogP contribution in [-0.4, -0.2) is 52.9 Å². The highest BCUT2D eigenvalue weighted by molar-refractivity contribution is 5.88. The Morgan fingerprint density at radius 3 is 2.83 bits per heavy atom. The summed E-state index contributed by atoms with van der Waals surface area (Å²) >= 11 is 0. The van der Waals surface area contributed by atoms with Gasteiger partial charge >= 0.3 is 0 Å². The Morgan fingerprint density at radius 1 is 1.13 bits per heavy atom. The molecule has 1 aromatic carbocycles. The number of hydrogen-bond donors (Lipinski definition) is 1. The van der Waals surface area contributed by atoms with Crippen molar-refractivity contribution in [3.05, 3.63) is 36.0 Å². The second-order valence-corrected chi connectivity index (χ2v) is 6.92. The van der Waals surface area contributed by atoms with E-state index < -0.39 is 0 Å². The molecule has 1 atom stereocenters. The molecule has 0 spiro atoms. The van der Waals surface area contributed by atoms with Crippen LogP contribution in [0, 0.1) is 0 Å². The molecule has 1 aromatic heterocycles. The molecule has 4 nitrogen and oxygen atoms in total. The lowest BCUT2D eigenvalue weighted by molar-refractivity contribution is -0.132.